The first-order chi connectivity index (χ1) is 10.1. The Hall–Kier alpha value is -2.82. The van der Waals surface area contributed by atoms with E-state index in [4.69, 9.17) is 10.5 Å². The fraction of sp³-hybridized carbons (Fsp3) is 0.125. The lowest BCUT2D eigenvalue weighted by molar-refractivity contribution is 0.301. The molecule has 0 saturated heterocycles. The molecule has 0 aliphatic rings. The minimum Gasteiger partial charge on any atom is -0.487 e. The number of nitrogen functional groups attached to an aromatic ring is 1. The maximum Gasteiger partial charge on any atom is 0.258 e. The Balaban J connectivity index is 1.88. The number of ether oxygens (including phenoxy) is 1. The molecule has 2 aromatic heterocycles. The summed E-state index contributed by atoms with van der Waals surface area (Å²) in [6.07, 6.45) is 1.77. The third kappa shape index (κ3) is 2.86. The summed E-state index contributed by atoms with van der Waals surface area (Å²) in [4.78, 5) is 16.5. The third-order valence-electron chi connectivity index (χ3n) is 3.11. The Kier molecular flexibility index (Phi) is 3.31. The Morgan fingerprint density at radius 3 is 2.90 bits per heavy atom. The molecule has 0 spiro atoms. The van der Waals surface area contributed by atoms with E-state index in [1.807, 2.05) is 31.2 Å². The molecule has 3 rings (SSSR count). The van der Waals surface area contributed by atoms with Crippen LogP contribution in [0, 0.1) is 6.92 Å². The number of aryl methyl sites for hydroxylation is 1. The summed E-state index contributed by atoms with van der Waals surface area (Å²) in [5.74, 6) is 0.654. The van der Waals surface area contributed by atoms with Gasteiger partial charge in [-0.2, -0.15) is 0 Å². The van der Waals surface area contributed by atoms with Crippen LogP contribution in [0.25, 0.3) is 5.65 Å². The van der Waals surface area contributed by atoms with E-state index in [2.05, 4.69) is 4.98 Å². The van der Waals surface area contributed by atoms with Gasteiger partial charge in [-0.15, -0.1) is 0 Å². The summed E-state index contributed by atoms with van der Waals surface area (Å²) < 4.78 is 7.14. The van der Waals surface area contributed by atoms with Crippen LogP contribution in [0.1, 0.15) is 11.3 Å². The molecule has 0 radical (unpaired) electrons. The largest absolute Gasteiger partial charge is 0.487 e. The molecule has 1 aromatic carbocycles. The summed E-state index contributed by atoms with van der Waals surface area (Å²) in [5.41, 5.74) is 8.42. The van der Waals surface area contributed by atoms with Crippen LogP contribution in [-0.2, 0) is 6.61 Å². The van der Waals surface area contributed by atoms with E-state index in [9.17, 15) is 4.79 Å². The van der Waals surface area contributed by atoms with Crippen molar-refractivity contribution in [3.8, 4) is 5.75 Å². The molecule has 0 saturated carbocycles. The van der Waals surface area contributed by atoms with E-state index in [0.29, 0.717) is 22.8 Å². The lowest BCUT2D eigenvalue weighted by Gasteiger charge is -2.07. The van der Waals surface area contributed by atoms with Crippen LogP contribution in [0.3, 0.4) is 0 Å². The molecule has 0 fully saturated rings. The predicted molar refractivity (Wildman–Crippen MR) is 81.4 cm³/mol. The van der Waals surface area contributed by atoms with Crippen LogP contribution in [0.5, 0.6) is 5.75 Å². The van der Waals surface area contributed by atoms with Gasteiger partial charge in [0.15, 0.2) is 0 Å². The zero-order chi connectivity index (χ0) is 14.8. The molecule has 106 valence electrons. The standard InChI is InChI=1S/C16H15N3O2/c1-11-5-6-15-18-13(8-16(20)19(15)9-11)10-21-14-4-2-3-12(17)7-14/h2-9H,10,17H2,1H3. The maximum atomic E-state index is 12.1. The number of rotatable bonds is 3. The summed E-state index contributed by atoms with van der Waals surface area (Å²) in [5, 5.41) is 0. The zero-order valence-corrected chi connectivity index (χ0v) is 11.6. The van der Waals surface area contributed by atoms with Gasteiger partial charge in [0.2, 0.25) is 0 Å². The number of nitrogens with zero attached hydrogens (tertiary/aromatic N) is 2. The molecule has 0 aliphatic heterocycles. The van der Waals surface area contributed by atoms with Crippen LogP contribution in [-0.4, -0.2) is 9.38 Å². The Bertz CT molecular complexity index is 856. The third-order valence-corrected chi connectivity index (χ3v) is 3.11. The first-order valence-electron chi connectivity index (χ1n) is 6.59. The average Bonchev–Trinajstić information content (AvgIpc) is 2.46. The van der Waals surface area contributed by atoms with Crippen molar-refractivity contribution in [2.24, 2.45) is 0 Å². The molecule has 0 bridgehead atoms. The second-order valence-electron chi connectivity index (χ2n) is 4.88. The number of nitrogens with two attached hydrogens (primary N) is 1. The summed E-state index contributed by atoms with van der Waals surface area (Å²) in [6, 6.07) is 12.4. The van der Waals surface area contributed by atoms with Gasteiger partial charge in [0.05, 0.1) is 5.69 Å². The number of aromatic nitrogens is 2. The molecule has 21 heavy (non-hydrogen) atoms. The highest BCUT2D eigenvalue weighted by Crippen LogP contribution is 2.15. The van der Waals surface area contributed by atoms with Crippen molar-refractivity contribution < 1.29 is 4.74 Å². The van der Waals surface area contributed by atoms with E-state index in [-0.39, 0.29) is 12.2 Å². The molecule has 0 aliphatic carbocycles. The molecule has 3 aromatic rings. The predicted octanol–water partition coefficient (Wildman–Crippen LogP) is 2.16. The van der Waals surface area contributed by atoms with Crippen molar-refractivity contribution in [1.29, 1.82) is 0 Å². The van der Waals surface area contributed by atoms with Gasteiger partial charge in [-0.3, -0.25) is 9.20 Å². The zero-order valence-electron chi connectivity index (χ0n) is 11.6. The van der Waals surface area contributed by atoms with Crippen molar-refractivity contribution in [1.82, 2.24) is 9.38 Å². The quantitative estimate of drug-likeness (QED) is 0.747. The fourth-order valence-corrected chi connectivity index (χ4v) is 2.09. The number of fused-ring (bicyclic) bond motifs is 1. The van der Waals surface area contributed by atoms with Crippen molar-refractivity contribution in [3.63, 3.8) is 0 Å². The highest BCUT2D eigenvalue weighted by molar-refractivity contribution is 5.44. The minimum absolute atomic E-state index is 0.116. The van der Waals surface area contributed by atoms with Gasteiger partial charge in [0.1, 0.15) is 18.0 Å². The maximum absolute atomic E-state index is 12.1. The highest BCUT2D eigenvalue weighted by atomic mass is 16.5. The smallest absolute Gasteiger partial charge is 0.258 e. The lowest BCUT2D eigenvalue weighted by atomic mass is 10.3. The monoisotopic (exact) mass is 281 g/mol. The second kappa shape index (κ2) is 5.28. The molecule has 2 heterocycles. The lowest BCUT2D eigenvalue weighted by Crippen LogP contribution is -2.16. The van der Waals surface area contributed by atoms with Gasteiger partial charge in [-0.25, -0.2) is 4.98 Å². The van der Waals surface area contributed by atoms with Crippen LogP contribution in [0.2, 0.25) is 0 Å². The van der Waals surface area contributed by atoms with E-state index < -0.39 is 0 Å². The number of hydrogen-bond donors (Lipinski definition) is 1. The number of anilines is 1. The number of benzene rings is 1. The molecule has 5 heteroatoms. The topological polar surface area (TPSA) is 69.6 Å². The minimum atomic E-state index is -0.116. The van der Waals surface area contributed by atoms with Crippen molar-refractivity contribution in [2.75, 3.05) is 5.73 Å². The normalized spacial score (nSPS) is 10.7. The van der Waals surface area contributed by atoms with Gasteiger partial charge >= 0.3 is 0 Å². The molecule has 2 N–H and O–H groups in total. The SMILES string of the molecule is Cc1ccc2nc(COc3cccc(N)c3)cc(=O)n2c1. The first-order valence-corrected chi connectivity index (χ1v) is 6.59. The van der Waals surface area contributed by atoms with E-state index in [0.717, 1.165) is 5.56 Å². The van der Waals surface area contributed by atoms with Crippen LogP contribution in [0.4, 0.5) is 5.69 Å². The second-order valence-corrected chi connectivity index (χ2v) is 4.88. The molecule has 0 unspecified atom stereocenters. The van der Waals surface area contributed by atoms with Crippen molar-refractivity contribution in [2.45, 2.75) is 13.5 Å². The fourth-order valence-electron chi connectivity index (χ4n) is 2.09. The van der Waals surface area contributed by atoms with E-state index in [1.165, 1.54) is 10.5 Å². The van der Waals surface area contributed by atoms with E-state index >= 15 is 0 Å². The van der Waals surface area contributed by atoms with Gasteiger partial charge in [-0.1, -0.05) is 12.1 Å². The summed E-state index contributed by atoms with van der Waals surface area (Å²) in [7, 11) is 0. The van der Waals surface area contributed by atoms with Crippen LogP contribution < -0.4 is 16.0 Å². The Labute approximate surface area is 121 Å². The molecule has 0 atom stereocenters. The van der Waals surface area contributed by atoms with Gasteiger partial charge in [-0.05, 0) is 30.7 Å². The molecule has 5 nitrogen and oxygen atoms in total. The van der Waals surface area contributed by atoms with Gasteiger partial charge in [0, 0.05) is 24.0 Å². The van der Waals surface area contributed by atoms with Gasteiger partial charge in [0.25, 0.3) is 5.56 Å². The van der Waals surface area contributed by atoms with Crippen LogP contribution >= 0.6 is 0 Å². The summed E-state index contributed by atoms with van der Waals surface area (Å²) >= 11 is 0. The van der Waals surface area contributed by atoms with E-state index in [1.54, 1.807) is 18.3 Å². The average molecular weight is 281 g/mol. The van der Waals surface area contributed by atoms with Gasteiger partial charge < -0.3 is 10.5 Å². The molecular formula is C16H15N3O2. The Morgan fingerprint density at radius 2 is 2.10 bits per heavy atom. The number of hydrogen-bond acceptors (Lipinski definition) is 4. The van der Waals surface area contributed by atoms with Crippen LogP contribution in [0.15, 0.2) is 53.5 Å². The van der Waals surface area contributed by atoms with Crippen molar-refractivity contribution in [3.05, 3.63) is 70.3 Å². The summed E-state index contributed by atoms with van der Waals surface area (Å²) in [6.45, 7) is 2.16. The molecular weight excluding hydrogens is 266 g/mol. The van der Waals surface area contributed by atoms with Crippen molar-refractivity contribution >= 4 is 11.3 Å². The Morgan fingerprint density at radius 1 is 1.24 bits per heavy atom. The first kappa shape index (κ1) is 13.2. The number of pyridine rings is 1. The molecule has 0 amide bonds. The highest BCUT2D eigenvalue weighted by Gasteiger charge is 2.04.